The van der Waals surface area contributed by atoms with Crippen LogP contribution in [0.1, 0.15) is 5.56 Å². The van der Waals surface area contributed by atoms with Gasteiger partial charge in [0, 0.05) is 17.8 Å². The van der Waals surface area contributed by atoms with Gasteiger partial charge in [0.15, 0.2) is 11.6 Å². The zero-order valence-corrected chi connectivity index (χ0v) is 11.4. The summed E-state index contributed by atoms with van der Waals surface area (Å²) in [5.74, 6) is -4.53. The second-order valence-corrected chi connectivity index (χ2v) is 6.08. The lowest BCUT2D eigenvalue weighted by molar-refractivity contribution is 0.498. The summed E-state index contributed by atoms with van der Waals surface area (Å²) in [6.45, 7) is 0. The van der Waals surface area contributed by atoms with Crippen LogP contribution in [-0.4, -0.2) is 8.42 Å². The maximum absolute atomic E-state index is 13.4. The largest absolute Gasteiger partial charge is 0.399 e. The Morgan fingerprint density at radius 1 is 1.10 bits per heavy atom. The van der Waals surface area contributed by atoms with Crippen LogP contribution < -0.4 is 10.5 Å². The fourth-order valence-electron chi connectivity index (χ4n) is 1.74. The molecule has 0 aromatic heterocycles. The van der Waals surface area contributed by atoms with Crippen LogP contribution in [-0.2, 0) is 15.8 Å². The second-order valence-electron chi connectivity index (χ2n) is 4.36. The third-order valence-corrected chi connectivity index (χ3v) is 3.81. The van der Waals surface area contributed by atoms with Crippen molar-refractivity contribution in [3.05, 3.63) is 59.4 Å². The van der Waals surface area contributed by atoms with E-state index in [1.165, 1.54) is 12.1 Å². The van der Waals surface area contributed by atoms with E-state index in [0.29, 0.717) is 23.4 Å². The van der Waals surface area contributed by atoms with Crippen LogP contribution in [0, 0.1) is 17.5 Å². The van der Waals surface area contributed by atoms with Gasteiger partial charge in [-0.3, -0.25) is 4.72 Å². The third-order valence-electron chi connectivity index (χ3n) is 2.57. The summed E-state index contributed by atoms with van der Waals surface area (Å²) in [6, 6.07) is 6.97. The lowest BCUT2D eigenvalue weighted by Crippen LogP contribution is -2.16. The molecule has 0 aliphatic rings. The molecule has 0 atom stereocenters. The van der Waals surface area contributed by atoms with E-state index in [1.807, 2.05) is 4.72 Å². The van der Waals surface area contributed by atoms with Crippen molar-refractivity contribution < 1.29 is 21.6 Å². The quantitative estimate of drug-likeness (QED) is 0.673. The molecule has 3 N–H and O–H groups in total. The molecule has 0 radical (unpaired) electrons. The van der Waals surface area contributed by atoms with Gasteiger partial charge in [-0.15, -0.1) is 0 Å². The van der Waals surface area contributed by atoms with E-state index in [0.717, 1.165) is 0 Å². The van der Waals surface area contributed by atoms with Gasteiger partial charge < -0.3 is 5.73 Å². The van der Waals surface area contributed by atoms with Crippen molar-refractivity contribution in [3.8, 4) is 0 Å². The van der Waals surface area contributed by atoms with Gasteiger partial charge in [-0.25, -0.2) is 21.6 Å². The van der Waals surface area contributed by atoms with Crippen molar-refractivity contribution in [2.75, 3.05) is 10.5 Å². The van der Waals surface area contributed by atoms with Crippen molar-refractivity contribution in [2.45, 2.75) is 5.75 Å². The number of nitrogen functional groups attached to an aromatic ring is 1. The fraction of sp³-hybridized carbons (Fsp3) is 0.0769. The summed E-state index contributed by atoms with van der Waals surface area (Å²) < 4.78 is 65.1. The minimum absolute atomic E-state index is 0.324. The van der Waals surface area contributed by atoms with Gasteiger partial charge in [0.1, 0.15) is 5.82 Å². The maximum atomic E-state index is 13.4. The van der Waals surface area contributed by atoms with Gasteiger partial charge in [0.2, 0.25) is 10.0 Å². The standard InChI is InChI=1S/C13H11F3N2O2S/c14-9-5-11(15)13(16)12(6-9)18-21(19,20)7-8-2-1-3-10(17)4-8/h1-6,18H,7,17H2. The van der Waals surface area contributed by atoms with Gasteiger partial charge in [0.05, 0.1) is 11.4 Å². The molecule has 2 aromatic rings. The van der Waals surface area contributed by atoms with Gasteiger partial charge >= 0.3 is 0 Å². The first-order chi connectivity index (χ1) is 9.77. The second kappa shape index (κ2) is 5.65. The average Bonchev–Trinajstić information content (AvgIpc) is 2.34. The van der Waals surface area contributed by atoms with Crippen molar-refractivity contribution in [2.24, 2.45) is 0 Å². The lowest BCUT2D eigenvalue weighted by Gasteiger charge is -2.10. The smallest absolute Gasteiger partial charge is 0.237 e. The van der Waals surface area contributed by atoms with E-state index in [2.05, 4.69) is 0 Å². The van der Waals surface area contributed by atoms with Crippen molar-refractivity contribution in [1.29, 1.82) is 0 Å². The van der Waals surface area contributed by atoms with E-state index < -0.39 is 38.9 Å². The Bertz CT molecular complexity index is 779. The number of nitrogens with two attached hydrogens (primary N) is 1. The highest BCUT2D eigenvalue weighted by Gasteiger charge is 2.18. The van der Waals surface area contributed by atoms with Crippen molar-refractivity contribution in [3.63, 3.8) is 0 Å². The first kappa shape index (κ1) is 15.2. The Morgan fingerprint density at radius 2 is 1.81 bits per heavy atom. The van der Waals surface area contributed by atoms with E-state index >= 15 is 0 Å². The number of hydrogen-bond acceptors (Lipinski definition) is 3. The van der Waals surface area contributed by atoms with Crippen molar-refractivity contribution >= 4 is 21.4 Å². The predicted octanol–water partition coefficient (Wildman–Crippen LogP) is 2.63. The predicted molar refractivity (Wildman–Crippen MR) is 73.4 cm³/mol. The highest BCUT2D eigenvalue weighted by Crippen LogP contribution is 2.21. The number of rotatable bonds is 4. The Labute approximate surface area is 119 Å². The molecule has 0 unspecified atom stereocenters. The lowest BCUT2D eigenvalue weighted by atomic mass is 10.2. The molecule has 0 aliphatic carbocycles. The Hall–Kier alpha value is -2.22. The van der Waals surface area contributed by atoms with Crippen molar-refractivity contribution in [1.82, 2.24) is 0 Å². The Kier molecular flexibility index (Phi) is 4.08. The van der Waals surface area contributed by atoms with Crippen LogP contribution >= 0.6 is 0 Å². The molecule has 0 spiro atoms. The molecule has 2 rings (SSSR count). The van der Waals surface area contributed by atoms with Gasteiger partial charge in [-0.2, -0.15) is 0 Å². The van der Waals surface area contributed by atoms with E-state index in [1.54, 1.807) is 12.1 Å². The summed E-state index contributed by atoms with van der Waals surface area (Å²) in [5, 5.41) is 0. The summed E-state index contributed by atoms with van der Waals surface area (Å²) in [5.41, 5.74) is 5.47. The molecule has 8 heteroatoms. The van der Waals surface area contributed by atoms with Crippen LogP contribution in [0.25, 0.3) is 0 Å². The van der Waals surface area contributed by atoms with Crippen LogP contribution in [0.3, 0.4) is 0 Å². The number of anilines is 2. The SMILES string of the molecule is Nc1cccc(CS(=O)(=O)Nc2cc(F)cc(F)c2F)c1. The van der Waals surface area contributed by atoms with Crippen LogP contribution in [0.4, 0.5) is 24.5 Å². The number of halogens is 3. The zero-order valence-electron chi connectivity index (χ0n) is 10.6. The van der Waals surface area contributed by atoms with Crippen LogP contribution in [0.5, 0.6) is 0 Å². The fourth-order valence-corrected chi connectivity index (χ4v) is 2.91. The molecule has 0 bridgehead atoms. The first-order valence-corrected chi connectivity index (χ1v) is 7.41. The van der Waals surface area contributed by atoms with E-state index in [4.69, 9.17) is 5.73 Å². The Balaban J connectivity index is 2.26. The monoisotopic (exact) mass is 316 g/mol. The minimum atomic E-state index is -4.04. The molecule has 0 fully saturated rings. The van der Waals surface area contributed by atoms with Crippen LogP contribution in [0.15, 0.2) is 36.4 Å². The van der Waals surface area contributed by atoms with E-state index in [9.17, 15) is 21.6 Å². The molecule has 0 heterocycles. The highest BCUT2D eigenvalue weighted by atomic mass is 32.2. The molecular formula is C13H11F3N2O2S. The Morgan fingerprint density at radius 3 is 2.48 bits per heavy atom. The summed E-state index contributed by atoms with van der Waals surface area (Å²) in [7, 11) is -4.04. The van der Waals surface area contributed by atoms with Gasteiger partial charge in [-0.05, 0) is 17.7 Å². The van der Waals surface area contributed by atoms with Crippen LogP contribution in [0.2, 0.25) is 0 Å². The number of hydrogen-bond donors (Lipinski definition) is 2. The maximum Gasteiger partial charge on any atom is 0.237 e. The normalized spacial score (nSPS) is 11.4. The summed E-state index contributed by atoms with van der Waals surface area (Å²) in [4.78, 5) is 0. The summed E-state index contributed by atoms with van der Waals surface area (Å²) >= 11 is 0. The number of benzene rings is 2. The first-order valence-electron chi connectivity index (χ1n) is 5.76. The molecule has 0 aliphatic heterocycles. The molecular weight excluding hydrogens is 305 g/mol. The molecule has 0 amide bonds. The molecule has 0 saturated heterocycles. The van der Waals surface area contributed by atoms with E-state index in [-0.39, 0.29) is 0 Å². The third kappa shape index (κ3) is 3.88. The number of sulfonamides is 1. The minimum Gasteiger partial charge on any atom is -0.399 e. The molecule has 0 saturated carbocycles. The average molecular weight is 316 g/mol. The van der Waals surface area contributed by atoms with Gasteiger partial charge in [-0.1, -0.05) is 12.1 Å². The van der Waals surface area contributed by atoms with Gasteiger partial charge in [0.25, 0.3) is 0 Å². The molecule has 21 heavy (non-hydrogen) atoms. The summed E-state index contributed by atoms with van der Waals surface area (Å²) in [6.07, 6.45) is 0. The zero-order chi connectivity index (χ0) is 15.6. The molecule has 4 nitrogen and oxygen atoms in total. The molecule has 112 valence electrons. The molecule has 2 aromatic carbocycles. The highest BCUT2D eigenvalue weighted by molar-refractivity contribution is 7.91. The number of nitrogens with one attached hydrogen (secondary N) is 1. The topological polar surface area (TPSA) is 72.2 Å².